The average molecular weight is 312 g/mol. The highest BCUT2D eigenvalue weighted by Crippen LogP contribution is 2.41. The molecule has 0 radical (unpaired) electrons. The Kier molecular flexibility index (Phi) is 3.50. The van der Waals surface area contributed by atoms with Gasteiger partial charge in [0.25, 0.3) is 0 Å². The van der Waals surface area contributed by atoms with E-state index in [1.807, 2.05) is 0 Å². The van der Waals surface area contributed by atoms with Crippen molar-refractivity contribution in [2.45, 2.75) is 6.42 Å². The minimum absolute atomic E-state index is 0.133. The Balaban J connectivity index is 1.86. The van der Waals surface area contributed by atoms with Crippen molar-refractivity contribution in [3.8, 4) is 11.5 Å². The number of sulfonamides is 1. The van der Waals surface area contributed by atoms with Gasteiger partial charge in [-0.25, -0.2) is 13.6 Å². The molecule has 21 heavy (non-hydrogen) atoms. The Labute approximate surface area is 122 Å². The smallest absolute Gasteiger partial charge is 0.227 e. The maximum atomic E-state index is 12.2. The van der Waals surface area contributed by atoms with Gasteiger partial charge in [-0.3, -0.25) is 4.79 Å². The molecule has 1 unspecified atom stereocenters. The first-order valence-electron chi connectivity index (χ1n) is 6.63. The first kappa shape index (κ1) is 14.2. The molecule has 0 spiro atoms. The van der Waals surface area contributed by atoms with Crippen LogP contribution in [0.4, 0.5) is 5.69 Å². The quantitative estimate of drug-likeness (QED) is 0.853. The van der Waals surface area contributed by atoms with Crippen LogP contribution in [0.3, 0.4) is 0 Å². The van der Waals surface area contributed by atoms with Gasteiger partial charge >= 0.3 is 0 Å². The van der Waals surface area contributed by atoms with E-state index in [0.29, 0.717) is 36.9 Å². The maximum absolute atomic E-state index is 12.2. The molecule has 1 saturated heterocycles. The molecule has 8 heteroatoms. The molecule has 2 aliphatic heterocycles. The van der Waals surface area contributed by atoms with E-state index in [1.54, 1.807) is 23.1 Å². The Morgan fingerprint density at radius 1 is 1.29 bits per heavy atom. The fourth-order valence-corrected chi connectivity index (χ4v) is 3.61. The first-order valence-corrected chi connectivity index (χ1v) is 8.35. The third-order valence-corrected chi connectivity index (χ3v) is 4.45. The zero-order valence-electron chi connectivity index (χ0n) is 11.3. The number of hydrogen-bond donors (Lipinski definition) is 1. The van der Waals surface area contributed by atoms with Crippen molar-refractivity contribution in [1.29, 1.82) is 0 Å². The lowest BCUT2D eigenvalue weighted by molar-refractivity contribution is -0.117. The monoisotopic (exact) mass is 312 g/mol. The van der Waals surface area contributed by atoms with Crippen LogP contribution in [-0.4, -0.2) is 39.8 Å². The van der Waals surface area contributed by atoms with E-state index >= 15 is 0 Å². The van der Waals surface area contributed by atoms with Crippen LogP contribution in [0, 0.1) is 5.92 Å². The van der Waals surface area contributed by atoms with Crippen LogP contribution in [0.5, 0.6) is 11.5 Å². The topological polar surface area (TPSA) is 98.9 Å². The molecular weight excluding hydrogens is 296 g/mol. The Hall–Kier alpha value is -1.80. The highest BCUT2D eigenvalue weighted by atomic mass is 32.2. The van der Waals surface area contributed by atoms with Gasteiger partial charge in [0.05, 0.1) is 11.4 Å². The van der Waals surface area contributed by atoms with Crippen molar-refractivity contribution in [3.05, 3.63) is 18.2 Å². The summed E-state index contributed by atoms with van der Waals surface area (Å²) in [6.07, 6.45) is 0.168. The summed E-state index contributed by atoms with van der Waals surface area (Å²) in [5.41, 5.74) is 0.620. The van der Waals surface area contributed by atoms with Crippen molar-refractivity contribution in [3.63, 3.8) is 0 Å². The van der Waals surface area contributed by atoms with Gasteiger partial charge < -0.3 is 14.4 Å². The molecule has 0 bridgehead atoms. The lowest BCUT2D eigenvalue weighted by Crippen LogP contribution is -2.28. The molecule has 7 nitrogen and oxygen atoms in total. The summed E-state index contributed by atoms with van der Waals surface area (Å²) >= 11 is 0. The van der Waals surface area contributed by atoms with E-state index in [9.17, 15) is 13.2 Å². The first-order chi connectivity index (χ1) is 9.94. The van der Waals surface area contributed by atoms with Crippen molar-refractivity contribution in [2.75, 3.05) is 30.4 Å². The van der Waals surface area contributed by atoms with Crippen molar-refractivity contribution < 1.29 is 22.7 Å². The van der Waals surface area contributed by atoms with E-state index in [4.69, 9.17) is 14.6 Å². The largest absolute Gasteiger partial charge is 0.486 e. The molecule has 1 fully saturated rings. The number of carbonyl (C=O) groups excluding carboxylic acids is 1. The summed E-state index contributed by atoms with van der Waals surface area (Å²) < 4.78 is 33.4. The number of amides is 1. The van der Waals surface area contributed by atoms with Crippen LogP contribution in [0.15, 0.2) is 18.2 Å². The third-order valence-electron chi connectivity index (χ3n) is 3.51. The number of hydrogen-bond acceptors (Lipinski definition) is 5. The second kappa shape index (κ2) is 5.19. The number of nitrogens with zero attached hydrogens (tertiary/aromatic N) is 1. The van der Waals surface area contributed by atoms with Crippen LogP contribution in [0.2, 0.25) is 0 Å². The predicted molar refractivity (Wildman–Crippen MR) is 75.9 cm³/mol. The second-order valence-electron chi connectivity index (χ2n) is 5.21. The van der Waals surface area contributed by atoms with Gasteiger partial charge in [0.15, 0.2) is 11.5 Å². The molecule has 1 atom stereocenters. The summed E-state index contributed by atoms with van der Waals surface area (Å²) in [6, 6.07) is 5.33. The van der Waals surface area contributed by atoms with Gasteiger partial charge in [-0.2, -0.15) is 0 Å². The van der Waals surface area contributed by atoms with Crippen molar-refractivity contribution >= 4 is 21.6 Å². The SMILES string of the molecule is NS(=O)(=O)CC1CC(=O)N(c2cccc3c2OCCO3)C1. The second-order valence-corrected chi connectivity index (χ2v) is 6.86. The number of para-hydroxylation sites is 1. The van der Waals surface area contributed by atoms with E-state index in [-0.39, 0.29) is 24.0 Å². The molecule has 2 N–H and O–H groups in total. The Morgan fingerprint density at radius 3 is 2.81 bits per heavy atom. The van der Waals surface area contributed by atoms with E-state index < -0.39 is 10.0 Å². The Bertz CT molecular complexity index is 673. The highest BCUT2D eigenvalue weighted by molar-refractivity contribution is 7.89. The van der Waals surface area contributed by atoms with Crippen LogP contribution >= 0.6 is 0 Å². The summed E-state index contributed by atoms with van der Waals surface area (Å²) in [5.74, 6) is 0.510. The molecule has 0 aromatic heterocycles. The molecule has 2 heterocycles. The van der Waals surface area contributed by atoms with Gasteiger partial charge in [0.1, 0.15) is 13.2 Å². The number of nitrogens with two attached hydrogens (primary N) is 1. The van der Waals surface area contributed by atoms with Gasteiger partial charge in [0, 0.05) is 18.9 Å². The molecule has 2 aliphatic rings. The van der Waals surface area contributed by atoms with Crippen LogP contribution in [0.25, 0.3) is 0 Å². The molecule has 3 rings (SSSR count). The summed E-state index contributed by atoms with van der Waals surface area (Å²) in [7, 11) is -3.59. The normalized spacial score (nSPS) is 21.7. The third kappa shape index (κ3) is 2.96. The molecular formula is C13H16N2O5S. The number of primary sulfonamides is 1. The summed E-state index contributed by atoms with van der Waals surface area (Å²) in [4.78, 5) is 13.7. The maximum Gasteiger partial charge on any atom is 0.227 e. The number of benzene rings is 1. The van der Waals surface area contributed by atoms with Gasteiger partial charge in [0.2, 0.25) is 15.9 Å². The van der Waals surface area contributed by atoms with Crippen molar-refractivity contribution in [1.82, 2.24) is 0 Å². The lowest BCUT2D eigenvalue weighted by atomic mass is 10.1. The number of carbonyl (C=O) groups is 1. The van der Waals surface area contributed by atoms with E-state index in [1.165, 1.54) is 0 Å². The molecule has 114 valence electrons. The molecule has 1 aromatic carbocycles. The summed E-state index contributed by atoms with van der Waals surface area (Å²) in [6.45, 7) is 1.21. The number of anilines is 1. The number of fused-ring (bicyclic) bond motifs is 1. The zero-order chi connectivity index (χ0) is 15.0. The molecule has 1 aromatic rings. The van der Waals surface area contributed by atoms with Gasteiger partial charge in [-0.05, 0) is 12.1 Å². The van der Waals surface area contributed by atoms with Crippen LogP contribution in [0.1, 0.15) is 6.42 Å². The van der Waals surface area contributed by atoms with E-state index in [2.05, 4.69) is 0 Å². The van der Waals surface area contributed by atoms with Crippen LogP contribution < -0.4 is 19.5 Å². The van der Waals surface area contributed by atoms with Gasteiger partial charge in [-0.15, -0.1) is 0 Å². The highest BCUT2D eigenvalue weighted by Gasteiger charge is 2.35. The predicted octanol–water partition coefficient (Wildman–Crippen LogP) is 0.0992. The zero-order valence-corrected chi connectivity index (χ0v) is 12.1. The fraction of sp³-hybridized carbons (Fsp3) is 0.462. The lowest BCUT2D eigenvalue weighted by Gasteiger charge is -2.25. The van der Waals surface area contributed by atoms with Crippen molar-refractivity contribution in [2.24, 2.45) is 11.1 Å². The van der Waals surface area contributed by atoms with Gasteiger partial charge in [-0.1, -0.05) is 6.07 Å². The standard InChI is InChI=1S/C13H16N2O5S/c14-21(17,18)8-9-6-12(16)15(7-9)10-2-1-3-11-13(10)20-5-4-19-11/h1-3,9H,4-8H2,(H2,14,17,18). The minimum Gasteiger partial charge on any atom is -0.486 e. The number of ether oxygens (including phenoxy) is 2. The van der Waals surface area contributed by atoms with E-state index in [0.717, 1.165) is 0 Å². The Morgan fingerprint density at radius 2 is 2.05 bits per heavy atom. The number of rotatable bonds is 3. The average Bonchev–Trinajstić information content (AvgIpc) is 2.76. The molecule has 0 aliphatic carbocycles. The van der Waals surface area contributed by atoms with Crippen LogP contribution in [-0.2, 0) is 14.8 Å². The molecule has 0 saturated carbocycles. The minimum atomic E-state index is -3.59. The fourth-order valence-electron chi connectivity index (χ4n) is 2.73. The summed E-state index contributed by atoms with van der Waals surface area (Å²) in [5, 5.41) is 5.05. The molecule has 1 amide bonds.